The van der Waals surface area contributed by atoms with Gasteiger partial charge in [0.1, 0.15) is 5.82 Å². The van der Waals surface area contributed by atoms with Crippen LogP contribution in [-0.2, 0) is 4.74 Å². The third kappa shape index (κ3) is 4.75. The highest BCUT2D eigenvalue weighted by Gasteiger charge is 2.13. The van der Waals surface area contributed by atoms with Crippen LogP contribution in [0.15, 0.2) is 18.2 Å². The van der Waals surface area contributed by atoms with Crippen LogP contribution >= 0.6 is 0 Å². The molecule has 102 valence electrons. The standard InChI is InChI=1S/C15H24FNO/c1-5-17-15(7-6-12(3)18-4)13-8-11(2)9-14(16)10-13/h8-10,12,15,17H,5-7H2,1-4H3. The van der Waals surface area contributed by atoms with Crippen molar-refractivity contribution in [2.24, 2.45) is 0 Å². The average molecular weight is 253 g/mol. The smallest absolute Gasteiger partial charge is 0.123 e. The van der Waals surface area contributed by atoms with E-state index in [9.17, 15) is 4.39 Å². The van der Waals surface area contributed by atoms with Crippen LogP contribution in [0.2, 0.25) is 0 Å². The van der Waals surface area contributed by atoms with E-state index in [1.165, 1.54) is 0 Å². The molecule has 0 aliphatic carbocycles. The van der Waals surface area contributed by atoms with Crippen LogP contribution in [0.25, 0.3) is 0 Å². The predicted octanol–water partition coefficient (Wildman–Crippen LogP) is 3.60. The molecule has 0 aliphatic rings. The van der Waals surface area contributed by atoms with Gasteiger partial charge in [0.15, 0.2) is 0 Å². The third-order valence-corrected chi connectivity index (χ3v) is 3.18. The second kappa shape index (κ2) is 7.49. The summed E-state index contributed by atoms with van der Waals surface area (Å²) in [6.07, 6.45) is 2.15. The lowest BCUT2D eigenvalue weighted by molar-refractivity contribution is 0.106. The second-order valence-electron chi connectivity index (χ2n) is 4.80. The molecule has 0 radical (unpaired) electrons. The topological polar surface area (TPSA) is 21.3 Å². The molecule has 0 saturated carbocycles. The molecule has 0 saturated heterocycles. The summed E-state index contributed by atoms with van der Waals surface area (Å²) in [5, 5.41) is 3.41. The van der Waals surface area contributed by atoms with Crippen molar-refractivity contribution in [3.8, 4) is 0 Å². The first kappa shape index (κ1) is 15.1. The Morgan fingerprint density at radius 1 is 1.28 bits per heavy atom. The maximum Gasteiger partial charge on any atom is 0.123 e. The monoisotopic (exact) mass is 253 g/mol. The molecule has 0 fully saturated rings. The zero-order valence-corrected chi connectivity index (χ0v) is 11.8. The minimum Gasteiger partial charge on any atom is -0.382 e. The normalized spacial score (nSPS) is 14.5. The highest BCUT2D eigenvalue weighted by atomic mass is 19.1. The zero-order chi connectivity index (χ0) is 13.5. The molecule has 2 unspecified atom stereocenters. The summed E-state index contributed by atoms with van der Waals surface area (Å²) >= 11 is 0. The number of hydrogen-bond donors (Lipinski definition) is 1. The number of halogens is 1. The summed E-state index contributed by atoms with van der Waals surface area (Å²) in [7, 11) is 1.72. The third-order valence-electron chi connectivity index (χ3n) is 3.18. The Labute approximate surface area is 110 Å². The fraction of sp³-hybridized carbons (Fsp3) is 0.600. The molecule has 0 aliphatic heterocycles. The highest BCUT2D eigenvalue weighted by molar-refractivity contribution is 5.26. The van der Waals surface area contributed by atoms with E-state index in [-0.39, 0.29) is 18.0 Å². The molecule has 0 bridgehead atoms. The molecule has 2 nitrogen and oxygen atoms in total. The lowest BCUT2D eigenvalue weighted by Gasteiger charge is -2.20. The van der Waals surface area contributed by atoms with Gasteiger partial charge in [0, 0.05) is 13.2 Å². The Morgan fingerprint density at radius 3 is 2.56 bits per heavy atom. The molecule has 0 heterocycles. The van der Waals surface area contributed by atoms with Crippen LogP contribution in [0, 0.1) is 12.7 Å². The van der Waals surface area contributed by atoms with Crippen molar-refractivity contribution in [3.63, 3.8) is 0 Å². The van der Waals surface area contributed by atoms with Gasteiger partial charge in [-0.15, -0.1) is 0 Å². The number of benzene rings is 1. The van der Waals surface area contributed by atoms with E-state index in [2.05, 4.69) is 19.2 Å². The van der Waals surface area contributed by atoms with Gasteiger partial charge in [0.2, 0.25) is 0 Å². The Kier molecular flexibility index (Phi) is 6.30. The van der Waals surface area contributed by atoms with Crippen molar-refractivity contribution in [3.05, 3.63) is 35.1 Å². The van der Waals surface area contributed by atoms with Gasteiger partial charge < -0.3 is 10.1 Å². The maximum atomic E-state index is 13.4. The van der Waals surface area contributed by atoms with E-state index in [4.69, 9.17) is 4.74 Å². The van der Waals surface area contributed by atoms with Gasteiger partial charge in [-0.3, -0.25) is 0 Å². The van der Waals surface area contributed by atoms with Crippen molar-refractivity contribution in [1.82, 2.24) is 5.32 Å². The van der Waals surface area contributed by atoms with E-state index in [0.717, 1.165) is 30.5 Å². The van der Waals surface area contributed by atoms with Gasteiger partial charge in [0.25, 0.3) is 0 Å². The molecule has 0 spiro atoms. The van der Waals surface area contributed by atoms with E-state index < -0.39 is 0 Å². The summed E-state index contributed by atoms with van der Waals surface area (Å²) in [4.78, 5) is 0. The van der Waals surface area contributed by atoms with E-state index in [0.29, 0.717) is 0 Å². The first-order valence-electron chi connectivity index (χ1n) is 6.60. The van der Waals surface area contributed by atoms with Crippen molar-refractivity contribution in [1.29, 1.82) is 0 Å². The molecule has 1 N–H and O–H groups in total. The van der Waals surface area contributed by atoms with E-state index in [1.807, 2.05) is 13.0 Å². The largest absolute Gasteiger partial charge is 0.382 e. The lowest BCUT2D eigenvalue weighted by atomic mass is 9.98. The quantitative estimate of drug-likeness (QED) is 0.801. The highest BCUT2D eigenvalue weighted by Crippen LogP contribution is 2.22. The first-order chi connectivity index (χ1) is 8.56. The van der Waals surface area contributed by atoms with Crippen LogP contribution < -0.4 is 5.32 Å². The van der Waals surface area contributed by atoms with Gasteiger partial charge >= 0.3 is 0 Å². The molecule has 3 heteroatoms. The summed E-state index contributed by atoms with van der Waals surface area (Å²) in [6.45, 7) is 6.92. The maximum absolute atomic E-state index is 13.4. The fourth-order valence-electron chi connectivity index (χ4n) is 2.12. The molecular weight excluding hydrogens is 229 g/mol. The molecule has 18 heavy (non-hydrogen) atoms. The molecule has 1 aromatic carbocycles. The van der Waals surface area contributed by atoms with Crippen LogP contribution in [0.3, 0.4) is 0 Å². The summed E-state index contributed by atoms with van der Waals surface area (Å²) in [5.74, 6) is -0.160. The zero-order valence-electron chi connectivity index (χ0n) is 11.8. The van der Waals surface area contributed by atoms with Crippen molar-refractivity contribution < 1.29 is 9.13 Å². The van der Waals surface area contributed by atoms with Gasteiger partial charge in [-0.05, 0) is 56.5 Å². The first-order valence-corrected chi connectivity index (χ1v) is 6.60. The number of hydrogen-bond acceptors (Lipinski definition) is 2. The average Bonchev–Trinajstić information content (AvgIpc) is 2.32. The van der Waals surface area contributed by atoms with E-state index in [1.54, 1.807) is 19.2 Å². The Bertz CT molecular complexity index is 347. The molecule has 2 atom stereocenters. The fourth-order valence-corrected chi connectivity index (χ4v) is 2.12. The minimum atomic E-state index is -0.160. The Balaban J connectivity index is 2.76. The molecular formula is C15H24FNO. The van der Waals surface area contributed by atoms with Crippen LogP contribution in [0.4, 0.5) is 4.39 Å². The number of rotatable bonds is 7. The van der Waals surface area contributed by atoms with Crippen molar-refractivity contribution in [2.45, 2.75) is 45.8 Å². The molecule has 0 aromatic heterocycles. The predicted molar refractivity (Wildman–Crippen MR) is 73.3 cm³/mol. The van der Waals surface area contributed by atoms with Crippen molar-refractivity contribution >= 4 is 0 Å². The summed E-state index contributed by atoms with van der Waals surface area (Å²) in [6, 6.07) is 5.43. The van der Waals surface area contributed by atoms with Gasteiger partial charge in [-0.1, -0.05) is 13.0 Å². The number of aryl methyl sites for hydroxylation is 1. The number of ether oxygens (including phenoxy) is 1. The Morgan fingerprint density at radius 2 is 2.00 bits per heavy atom. The minimum absolute atomic E-state index is 0.160. The molecule has 1 rings (SSSR count). The van der Waals surface area contributed by atoms with Gasteiger partial charge in [-0.25, -0.2) is 4.39 Å². The van der Waals surface area contributed by atoms with Crippen LogP contribution in [-0.4, -0.2) is 19.8 Å². The van der Waals surface area contributed by atoms with E-state index >= 15 is 0 Å². The van der Waals surface area contributed by atoms with Gasteiger partial charge in [-0.2, -0.15) is 0 Å². The van der Waals surface area contributed by atoms with Crippen LogP contribution in [0.1, 0.15) is 43.9 Å². The number of methoxy groups -OCH3 is 1. The van der Waals surface area contributed by atoms with Crippen molar-refractivity contribution in [2.75, 3.05) is 13.7 Å². The Hall–Kier alpha value is -0.930. The molecule has 0 amide bonds. The second-order valence-corrected chi connectivity index (χ2v) is 4.80. The summed E-state index contributed by atoms with van der Waals surface area (Å²) in [5.41, 5.74) is 1.99. The summed E-state index contributed by atoms with van der Waals surface area (Å²) < 4.78 is 18.7. The van der Waals surface area contributed by atoms with Crippen LogP contribution in [0.5, 0.6) is 0 Å². The van der Waals surface area contributed by atoms with Gasteiger partial charge in [0.05, 0.1) is 6.10 Å². The number of nitrogens with one attached hydrogen (secondary N) is 1. The lowest BCUT2D eigenvalue weighted by Crippen LogP contribution is -2.22. The SMILES string of the molecule is CCNC(CCC(C)OC)c1cc(C)cc(F)c1. The molecule has 1 aromatic rings.